The van der Waals surface area contributed by atoms with Crippen LogP contribution < -0.4 is 10.1 Å². The molecule has 0 aliphatic carbocycles. The van der Waals surface area contributed by atoms with Crippen molar-refractivity contribution < 1.29 is 18.7 Å². The second-order valence-corrected chi connectivity index (χ2v) is 4.89. The molecule has 0 aliphatic rings. The molecule has 124 valence electrons. The van der Waals surface area contributed by atoms with Gasteiger partial charge in [-0.1, -0.05) is 42.2 Å². The minimum Gasteiger partial charge on any atom is -0.497 e. The normalized spacial score (nSPS) is 9.58. The first-order valence-corrected chi connectivity index (χ1v) is 7.46. The number of methoxy groups -OCH3 is 1. The first-order valence-electron chi connectivity index (χ1n) is 7.46. The summed E-state index contributed by atoms with van der Waals surface area (Å²) in [5.41, 5.74) is 1.21. The van der Waals surface area contributed by atoms with E-state index >= 15 is 0 Å². The lowest BCUT2D eigenvalue weighted by Gasteiger charge is -2.05. The van der Waals surface area contributed by atoms with E-state index in [2.05, 4.69) is 17.2 Å². The van der Waals surface area contributed by atoms with Crippen LogP contribution in [0.25, 0.3) is 0 Å². The van der Waals surface area contributed by atoms with Crippen LogP contribution in [0.2, 0.25) is 0 Å². The van der Waals surface area contributed by atoms with Gasteiger partial charge in [-0.05, 0) is 17.7 Å². The monoisotopic (exact) mass is 327 g/mol. The van der Waals surface area contributed by atoms with Crippen molar-refractivity contribution in [2.24, 2.45) is 0 Å². The first-order chi connectivity index (χ1) is 11.7. The molecule has 0 atom stereocenters. The number of benzene rings is 2. The lowest BCUT2D eigenvalue weighted by atomic mass is 10.2. The number of nitrogens with one attached hydrogen (secondary N) is 1. The molecule has 0 aromatic heterocycles. The van der Waals surface area contributed by atoms with Crippen LogP contribution in [0.15, 0.2) is 48.5 Å². The Balaban J connectivity index is 1.70. The Labute approximate surface area is 140 Å². The second kappa shape index (κ2) is 9.21. The van der Waals surface area contributed by atoms with Crippen molar-refractivity contribution in [3.05, 3.63) is 65.5 Å². The van der Waals surface area contributed by atoms with Gasteiger partial charge in [0, 0.05) is 19.0 Å². The summed E-state index contributed by atoms with van der Waals surface area (Å²) in [6.45, 7) is 0.549. The number of ether oxygens (including phenoxy) is 2. The van der Waals surface area contributed by atoms with Crippen LogP contribution in [0, 0.1) is 17.7 Å². The molecule has 0 unspecified atom stereocenters. The minimum atomic E-state index is -0.503. The van der Waals surface area contributed by atoms with E-state index in [9.17, 15) is 9.18 Å². The highest BCUT2D eigenvalue weighted by molar-refractivity contribution is 5.67. The van der Waals surface area contributed by atoms with Crippen LogP contribution in [-0.4, -0.2) is 19.7 Å². The van der Waals surface area contributed by atoms with Crippen LogP contribution >= 0.6 is 0 Å². The molecule has 5 heteroatoms. The Kier molecular flexibility index (Phi) is 6.66. The summed E-state index contributed by atoms with van der Waals surface area (Å²) in [7, 11) is 1.47. The molecule has 0 saturated carbocycles. The summed E-state index contributed by atoms with van der Waals surface area (Å²) in [4.78, 5) is 11.5. The van der Waals surface area contributed by atoms with Gasteiger partial charge >= 0.3 is 6.09 Å². The van der Waals surface area contributed by atoms with Gasteiger partial charge in [0.05, 0.1) is 12.7 Å². The molecular formula is C19H18FNO3. The fourth-order valence-electron chi connectivity index (χ4n) is 1.88. The standard InChI is InChI=1S/C19H18FNO3/c1-23-17-11-10-16(18(20)13-17)9-5-6-12-21-19(22)24-14-15-7-3-2-4-8-15/h2-4,7-8,10-11,13H,6,12,14H2,1H3,(H,21,22). The molecule has 0 radical (unpaired) electrons. The largest absolute Gasteiger partial charge is 0.497 e. The molecule has 2 aromatic carbocycles. The maximum Gasteiger partial charge on any atom is 0.407 e. The fraction of sp³-hybridized carbons (Fsp3) is 0.211. The van der Waals surface area contributed by atoms with Crippen molar-refractivity contribution in [3.63, 3.8) is 0 Å². The summed E-state index contributed by atoms with van der Waals surface area (Å²) in [6, 6.07) is 13.9. The van der Waals surface area contributed by atoms with Gasteiger partial charge < -0.3 is 14.8 Å². The Bertz CT molecular complexity index is 735. The van der Waals surface area contributed by atoms with E-state index in [4.69, 9.17) is 9.47 Å². The molecule has 0 aliphatic heterocycles. The summed E-state index contributed by atoms with van der Waals surface area (Å²) in [5, 5.41) is 2.59. The molecule has 0 bridgehead atoms. The minimum absolute atomic E-state index is 0.218. The van der Waals surface area contributed by atoms with Gasteiger partial charge in [0.15, 0.2) is 0 Å². The highest BCUT2D eigenvalue weighted by Gasteiger charge is 2.02. The molecule has 0 heterocycles. The molecule has 2 rings (SSSR count). The van der Waals surface area contributed by atoms with E-state index in [1.54, 1.807) is 12.1 Å². The molecular weight excluding hydrogens is 309 g/mol. The number of amides is 1. The SMILES string of the molecule is COc1ccc(C#CCCNC(=O)OCc2ccccc2)c(F)c1. The van der Waals surface area contributed by atoms with Crippen molar-refractivity contribution in [2.75, 3.05) is 13.7 Å². The van der Waals surface area contributed by atoms with Crippen molar-refractivity contribution in [2.45, 2.75) is 13.0 Å². The third-order valence-corrected chi connectivity index (χ3v) is 3.13. The molecule has 2 aromatic rings. The van der Waals surface area contributed by atoms with Crippen LogP contribution in [0.3, 0.4) is 0 Å². The number of carbonyl (C=O) groups is 1. The number of halogens is 1. The first kappa shape index (κ1) is 17.4. The average molecular weight is 327 g/mol. The smallest absolute Gasteiger partial charge is 0.407 e. The molecule has 0 spiro atoms. The molecule has 0 saturated heterocycles. The average Bonchev–Trinajstić information content (AvgIpc) is 2.61. The van der Waals surface area contributed by atoms with E-state index in [-0.39, 0.29) is 6.61 Å². The van der Waals surface area contributed by atoms with Crippen molar-refractivity contribution in [1.29, 1.82) is 0 Å². The van der Waals surface area contributed by atoms with Gasteiger partial charge in [0.1, 0.15) is 18.2 Å². The molecule has 0 fully saturated rings. The number of hydrogen-bond donors (Lipinski definition) is 1. The summed E-state index contributed by atoms with van der Waals surface area (Å²) >= 11 is 0. The van der Waals surface area contributed by atoms with Gasteiger partial charge in [0.2, 0.25) is 0 Å². The highest BCUT2D eigenvalue weighted by atomic mass is 19.1. The summed E-state index contributed by atoms with van der Waals surface area (Å²) in [6.07, 6.45) is -0.109. The summed E-state index contributed by atoms with van der Waals surface area (Å²) in [5.74, 6) is 5.54. The maximum atomic E-state index is 13.7. The van der Waals surface area contributed by atoms with E-state index in [0.29, 0.717) is 24.3 Å². The Morgan fingerprint density at radius 1 is 1.21 bits per heavy atom. The van der Waals surface area contributed by atoms with Crippen LogP contribution in [0.4, 0.5) is 9.18 Å². The number of hydrogen-bond acceptors (Lipinski definition) is 3. The van der Waals surface area contributed by atoms with Crippen molar-refractivity contribution >= 4 is 6.09 Å². The van der Waals surface area contributed by atoms with E-state index in [1.165, 1.54) is 13.2 Å². The van der Waals surface area contributed by atoms with E-state index in [1.807, 2.05) is 30.3 Å². The van der Waals surface area contributed by atoms with Gasteiger partial charge in [-0.15, -0.1) is 0 Å². The van der Waals surface area contributed by atoms with Gasteiger partial charge in [0.25, 0.3) is 0 Å². The molecule has 24 heavy (non-hydrogen) atoms. The third kappa shape index (κ3) is 5.65. The Hall–Kier alpha value is -3.00. The molecule has 1 N–H and O–H groups in total. The lowest BCUT2D eigenvalue weighted by molar-refractivity contribution is 0.140. The molecule has 4 nitrogen and oxygen atoms in total. The van der Waals surface area contributed by atoms with Crippen LogP contribution in [0.5, 0.6) is 5.75 Å². The quantitative estimate of drug-likeness (QED) is 0.675. The molecule has 1 amide bonds. The lowest BCUT2D eigenvalue weighted by Crippen LogP contribution is -2.24. The second-order valence-electron chi connectivity index (χ2n) is 4.89. The number of carbonyl (C=O) groups excluding carboxylic acids is 1. The van der Waals surface area contributed by atoms with E-state index in [0.717, 1.165) is 5.56 Å². The zero-order valence-corrected chi connectivity index (χ0v) is 13.3. The van der Waals surface area contributed by atoms with Crippen LogP contribution in [0.1, 0.15) is 17.5 Å². The van der Waals surface area contributed by atoms with E-state index < -0.39 is 11.9 Å². The van der Waals surface area contributed by atoms with Gasteiger partial charge in [-0.25, -0.2) is 9.18 Å². The zero-order valence-electron chi connectivity index (χ0n) is 13.3. The fourth-order valence-corrected chi connectivity index (χ4v) is 1.88. The Morgan fingerprint density at radius 3 is 2.71 bits per heavy atom. The Morgan fingerprint density at radius 2 is 2.00 bits per heavy atom. The van der Waals surface area contributed by atoms with Crippen molar-refractivity contribution in [1.82, 2.24) is 5.32 Å². The predicted octanol–water partition coefficient (Wildman–Crippen LogP) is 3.50. The zero-order chi connectivity index (χ0) is 17.2. The highest BCUT2D eigenvalue weighted by Crippen LogP contribution is 2.15. The number of rotatable bonds is 5. The summed E-state index contributed by atoms with van der Waals surface area (Å²) < 4.78 is 23.7. The topological polar surface area (TPSA) is 47.6 Å². The van der Waals surface area contributed by atoms with Crippen molar-refractivity contribution in [3.8, 4) is 17.6 Å². The van der Waals surface area contributed by atoms with Gasteiger partial charge in [-0.3, -0.25) is 0 Å². The maximum absolute atomic E-state index is 13.7. The van der Waals surface area contributed by atoms with Crippen LogP contribution in [-0.2, 0) is 11.3 Å². The number of alkyl carbamates (subject to hydrolysis) is 1. The predicted molar refractivity (Wildman–Crippen MR) is 89.1 cm³/mol. The third-order valence-electron chi connectivity index (χ3n) is 3.13. The van der Waals surface area contributed by atoms with Gasteiger partial charge in [-0.2, -0.15) is 0 Å².